The summed E-state index contributed by atoms with van der Waals surface area (Å²) in [4.78, 5) is 21.0. The maximum atomic E-state index is 11.7. The summed E-state index contributed by atoms with van der Waals surface area (Å²) in [5.74, 6) is 0.708. The third-order valence-corrected chi connectivity index (χ3v) is 2.64. The Hall–Kier alpha value is -2.11. The molecule has 0 aromatic carbocycles. The highest BCUT2D eigenvalue weighted by atomic mass is 16.2. The van der Waals surface area contributed by atoms with Gasteiger partial charge in [-0.2, -0.15) is 0 Å². The number of nitrogens with two attached hydrogens (primary N) is 2. The van der Waals surface area contributed by atoms with Gasteiger partial charge in [-0.3, -0.25) is 9.69 Å². The number of carbonyl (C=O) groups excluding carboxylic acids is 1. The second kappa shape index (κ2) is 3.80. The van der Waals surface area contributed by atoms with Crippen LogP contribution < -0.4 is 16.4 Å². The van der Waals surface area contributed by atoms with Gasteiger partial charge in [0.2, 0.25) is 5.91 Å². The molecule has 1 atom stereocenters. The molecule has 0 aliphatic carbocycles. The van der Waals surface area contributed by atoms with Crippen molar-refractivity contribution in [2.75, 3.05) is 22.9 Å². The van der Waals surface area contributed by atoms with Gasteiger partial charge >= 0.3 is 0 Å². The Kier molecular flexibility index (Phi) is 2.47. The van der Waals surface area contributed by atoms with Crippen molar-refractivity contribution >= 4 is 23.2 Å². The lowest BCUT2D eigenvalue weighted by Gasteiger charge is -2.17. The fraction of sp³-hybridized carbons (Fsp3) is 0.300. The molecule has 4 N–H and O–H groups in total. The maximum absolute atomic E-state index is 11.7. The van der Waals surface area contributed by atoms with Crippen LogP contribution in [-0.2, 0) is 4.79 Å². The third kappa shape index (κ3) is 1.58. The predicted molar refractivity (Wildman–Crippen MR) is 61.5 cm³/mol. The Morgan fingerprint density at radius 1 is 1.50 bits per heavy atom. The van der Waals surface area contributed by atoms with E-state index in [4.69, 9.17) is 11.5 Å². The molecule has 1 amide bonds. The fourth-order valence-corrected chi connectivity index (χ4v) is 1.71. The van der Waals surface area contributed by atoms with Crippen LogP contribution in [0.1, 0.15) is 6.42 Å². The van der Waals surface area contributed by atoms with Crippen molar-refractivity contribution in [2.45, 2.75) is 6.42 Å². The molecule has 6 heteroatoms. The summed E-state index contributed by atoms with van der Waals surface area (Å²) in [6, 6.07) is 0. The number of nitrogen functional groups attached to an aromatic ring is 2. The second-order valence-corrected chi connectivity index (χ2v) is 3.70. The summed E-state index contributed by atoms with van der Waals surface area (Å²) in [6.07, 6.45) is 3.50. The largest absolute Gasteiger partial charge is 0.393 e. The maximum Gasteiger partial charge on any atom is 0.228 e. The summed E-state index contributed by atoms with van der Waals surface area (Å²) < 4.78 is 0. The molecule has 1 aliphatic heterocycles. The zero-order valence-electron chi connectivity index (χ0n) is 8.76. The number of hydrogen-bond acceptors (Lipinski definition) is 5. The molecule has 2 rings (SSSR count). The summed E-state index contributed by atoms with van der Waals surface area (Å²) in [5.41, 5.74) is 11.6. The van der Waals surface area contributed by atoms with E-state index in [9.17, 15) is 4.79 Å². The average molecular weight is 219 g/mol. The van der Waals surface area contributed by atoms with E-state index in [0.717, 1.165) is 0 Å². The first-order valence-electron chi connectivity index (χ1n) is 4.92. The number of amides is 1. The van der Waals surface area contributed by atoms with E-state index in [1.807, 2.05) is 0 Å². The molecular weight excluding hydrogens is 206 g/mol. The second-order valence-electron chi connectivity index (χ2n) is 3.70. The SMILES string of the molecule is C=CC1CC(=O)N(c2ncnc(N)c2N)C1. The quantitative estimate of drug-likeness (QED) is 0.691. The molecule has 1 aromatic heterocycles. The zero-order valence-corrected chi connectivity index (χ0v) is 8.76. The Morgan fingerprint density at radius 3 is 2.88 bits per heavy atom. The zero-order chi connectivity index (χ0) is 11.7. The van der Waals surface area contributed by atoms with Crippen molar-refractivity contribution in [3.63, 3.8) is 0 Å². The van der Waals surface area contributed by atoms with E-state index in [0.29, 0.717) is 18.8 Å². The molecule has 2 heterocycles. The van der Waals surface area contributed by atoms with Gasteiger partial charge in [0.25, 0.3) is 0 Å². The highest BCUT2D eigenvalue weighted by molar-refractivity contribution is 5.98. The number of rotatable bonds is 2. The Labute approximate surface area is 93.0 Å². The van der Waals surface area contributed by atoms with Crippen LogP contribution in [0.15, 0.2) is 19.0 Å². The number of nitrogens with zero attached hydrogens (tertiary/aromatic N) is 3. The molecule has 16 heavy (non-hydrogen) atoms. The van der Waals surface area contributed by atoms with Gasteiger partial charge in [-0.15, -0.1) is 6.58 Å². The topological polar surface area (TPSA) is 98.1 Å². The summed E-state index contributed by atoms with van der Waals surface area (Å²) in [5, 5.41) is 0. The molecule has 1 aromatic rings. The highest BCUT2D eigenvalue weighted by Crippen LogP contribution is 2.29. The van der Waals surface area contributed by atoms with Gasteiger partial charge in [-0.1, -0.05) is 6.08 Å². The third-order valence-electron chi connectivity index (χ3n) is 2.64. The van der Waals surface area contributed by atoms with Crippen LogP contribution in [0.3, 0.4) is 0 Å². The number of aromatic nitrogens is 2. The van der Waals surface area contributed by atoms with E-state index in [1.165, 1.54) is 11.2 Å². The monoisotopic (exact) mass is 219 g/mol. The van der Waals surface area contributed by atoms with Gasteiger partial charge in [-0.25, -0.2) is 9.97 Å². The Balaban J connectivity index is 2.35. The Bertz CT molecular complexity index is 445. The van der Waals surface area contributed by atoms with Crippen molar-refractivity contribution in [2.24, 2.45) is 5.92 Å². The van der Waals surface area contributed by atoms with Gasteiger partial charge in [-0.05, 0) is 0 Å². The first kappa shape index (κ1) is 10.4. The van der Waals surface area contributed by atoms with E-state index in [1.54, 1.807) is 6.08 Å². The van der Waals surface area contributed by atoms with E-state index < -0.39 is 0 Å². The van der Waals surface area contributed by atoms with E-state index in [2.05, 4.69) is 16.5 Å². The lowest BCUT2D eigenvalue weighted by molar-refractivity contribution is -0.117. The molecule has 0 radical (unpaired) electrons. The van der Waals surface area contributed by atoms with Gasteiger partial charge in [0.05, 0.1) is 0 Å². The number of carbonyl (C=O) groups is 1. The van der Waals surface area contributed by atoms with Crippen LogP contribution in [0.2, 0.25) is 0 Å². The van der Waals surface area contributed by atoms with Crippen molar-refractivity contribution in [3.05, 3.63) is 19.0 Å². The van der Waals surface area contributed by atoms with Crippen molar-refractivity contribution < 1.29 is 4.79 Å². The van der Waals surface area contributed by atoms with Crippen LogP contribution >= 0.6 is 0 Å². The minimum atomic E-state index is -0.0188. The lowest BCUT2D eigenvalue weighted by atomic mass is 10.1. The fourth-order valence-electron chi connectivity index (χ4n) is 1.71. The molecule has 0 spiro atoms. The van der Waals surface area contributed by atoms with Crippen LogP contribution in [-0.4, -0.2) is 22.4 Å². The van der Waals surface area contributed by atoms with E-state index >= 15 is 0 Å². The molecule has 1 saturated heterocycles. The normalized spacial score (nSPS) is 20.1. The lowest BCUT2D eigenvalue weighted by Crippen LogP contribution is -2.27. The van der Waals surface area contributed by atoms with Crippen LogP contribution in [0.5, 0.6) is 0 Å². The minimum absolute atomic E-state index is 0.0188. The van der Waals surface area contributed by atoms with Gasteiger partial charge in [0.15, 0.2) is 11.6 Å². The molecule has 0 saturated carbocycles. The number of anilines is 3. The van der Waals surface area contributed by atoms with Crippen LogP contribution in [0.4, 0.5) is 17.3 Å². The smallest absolute Gasteiger partial charge is 0.228 e. The van der Waals surface area contributed by atoms with E-state index in [-0.39, 0.29) is 23.3 Å². The molecular formula is C10H13N5O. The molecule has 0 bridgehead atoms. The summed E-state index contributed by atoms with van der Waals surface area (Å²) >= 11 is 0. The van der Waals surface area contributed by atoms with Gasteiger partial charge < -0.3 is 11.5 Å². The van der Waals surface area contributed by atoms with Gasteiger partial charge in [0.1, 0.15) is 12.0 Å². The molecule has 1 unspecified atom stereocenters. The number of hydrogen-bond donors (Lipinski definition) is 2. The average Bonchev–Trinajstić information content (AvgIpc) is 2.64. The minimum Gasteiger partial charge on any atom is -0.393 e. The molecule has 84 valence electrons. The molecule has 1 aliphatic rings. The van der Waals surface area contributed by atoms with Crippen molar-refractivity contribution in [1.82, 2.24) is 9.97 Å². The van der Waals surface area contributed by atoms with Crippen molar-refractivity contribution in [3.8, 4) is 0 Å². The first-order valence-corrected chi connectivity index (χ1v) is 4.92. The molecule has 1 fully saturated rings. The van der Waals surface area contributed by atoms with Crippen LogP contribution in [0, 0.1) is 5.92 Å². The predicted octanol–water partition coefficient (Wildman–Crippen LogP) is 0.180. The Morgan fingerprint density at radius 2 is 2.25 bits per heavy atom. The first-order chi connectivity index (χ1) is 7.63. The van der Waals surface area contributed by atoms with Gasteiger partial charge in [0, 0.05) is 18.9 Å². The highest BCUT2D eigenvalue weighted by Gasteiger charge is 2.31. The standard InChI is InChI=1S/C10H13N5O/c1-2-6-3-7(16)15(4-6)10-8(11)9(12)13-5-14-10/h2,5-6H,1,3-4,11H2,(H2,12,13,14). The molecule has 6 nitrogen and oxygen atoms in total. The summed E-state index contributed by atoms with van der Waals surface area (Å²) in [6.45, 7) is 4.22. The van der Waals surface area contributed by atoms with Crippen molar-refractivity contribution in [1.29, 1.82) is 0 Å². The summed E-state index contributed by atoms with van der Waals surface area (Å²) in [7, 11) is 0. The van der Waals surface area contributed by atoms with Crippen LogP contribution in [0.25, 0.3) is 0 Å².